The number of esters is 1. The minimum Gasteiger partial charge on any atom is -0.452 e. The first-order chi connectivity index (χ1) is 11.9. The van der Waals surface area contributed by atoms with Crippen molar-refractivity contribution in [3.63, 3.8) is 0 Å². The third-order valence-electron chi connectivity index (χ3n) is 3.94. The molecule has 0 unspecified atom stereocenters. The van der Waals surface area contributed by atoms with Gasteiger partial charge in [0, 0.05) is 30.7 Å². The molecule has 0 saturated heterocycles. The highest BCUT2D eigenvalue weighted by atomic mass is 16.5. The largest absolute Gasteiger partial charge is 0.452 e. The van der Waals surface area contributed by atoms with Gasteiger partial charge in [0.1, 0.15) is 0 Å². The molecule has 6 heteroatoms. The Morgan fingerprint density at radius 3 is 2.28 bits per heavy atom. The Morgan fingerprint density at radius 1 is 1.12 bits per heavy atom. The van der Waals surface area contributed by atoms with Crippen molar-refractivity contribution >= 4 is 11.9 Å². The smallest absolute Gasteiger partial charge is 0.338 e. The number of likely N-dealkylation sites (N-methyl/N-ethyl adjacent to an activating group) is 1. The SMILES string of the molecule is Cc1ccc(C)n1-c1ccc(C(=O)OCC(=O)N(C)CCC#N)cc1. The highest BCUT2D eigenvalue weighted by Gasteiger charge is 2.13. The molecule has 1 aromatic carbocycles. The summed E-state index contributed by atoms with van der Waals surface area (Å²) in [6.07, 6.45) is 0.246. The first-order valence-corrected chi connectivity index (χ1v) is 7.97. The van der Waals surface area contributed by atoms with Crippen molar-refractivity contribution < 1.29 is 14.3 Å². The maximum atomic E-state index is 12.1. The molecule has 6 nitrogen and oxygen atoms in total. The van der Waals surface area contributed by atoms with Gasteiger partial charge in [-0.25, -0.2) is 4.79 Å². The van der Waals surface area contributed by atoms with Gasteiger partial charge in [0.05, 0.1) is 18.1 Å². The van der Waals surface area contributed by atoms with Crippen LogP contribution < -0.4 is 0 Å². The summed E-state index contributed by atoms with van der Waals surface area (Å²) >= 11 is 0. The Bertz CT molecular complexity index is 781. The van der Waals surface area contributed by atoms with Gasteiger partial charge in [-0.2, -0.15) is 5.26 Å². The zero-order chi connectivity index (χ0) is 18.4. The monoisotopic (exact) mass is 339 g/mol. The van der Waals surface area contributed by atoms with E-state index in [9.17, 15) is 9.59 Å². The van der Waals surface area contributed by atoms with Crippen LogP contribution in [0.5, 0.6) is 0 Å². The van der Waals surface area contributed by atoms with Crippen LogP contribution in [0.3, 0.4) is 0 Å². The maximum absolute atomic E-state index is 12.1. The summed E-state index contributed by atoms with van der Waals surface area (Å²) in [4.78, 5) is 25.2. The highest BCUT2D eigenvalue weighted by molar-refractivity contribution is 5.91. The van der Waals surface area contributed by atoms with Crippen molar-refractivity contribution in [2.24, 2.45) is 0 Å². The van der Waals surface area contributed by atoms with Gasteiger partial charge in [0.25, 0.3) is 5.91 Å². The van der Waals surface area contributed by atoms with E-state index in [2.05, 4.69) is 4.57 Å². The number of benzene rings is 1. The zero-order valence-electron chi connectivity index (χ0n) is 14.7. The van der Waals surface area contributed by atoms with E-state index < -0.39 is 5.97 Å². The Hall–Kier alpha value is -3.07. The molecule has 0 bridgehead atoms. The molecule has 1 amide bonds. The first kappa shape index (κ1) is 18.3. The van der Waals surface area contributed by atoms with Crippen molar-refractivity contribution in [1.82, 2.24) is 9.47 Å². The molecule has 0 fully saturated rings. The number of nitriles is 1. The number of carbonyl (C=O) groups is 2. The standard InChI is InChI=1S/C19H21N3O3/c1-14-5-6-15(2)22(14)17-9-7-16(8-10-17)19(24)25-13-18(23)21(3)12-4-11-20/h5-10H,4,12-13H2,1-3H3. The minimum atomic E-state index is -0.547. The van der Waals surface area contributed by atoms with Gasteiger partial charge in [0.2, 0.25) is 0 Å². The van der Waals surface area contributed by atoms with Crippen molar-refractivity contribution in [1.29, 1.82) is 5.26 Å². The third-order valence-corrected chi connectivity index (χ3v) is 3.94. The summed E-state index contributed by atoms with van der Waals surface area (Å²) in [5.41, 5.74) is 3.57. The molecular weight excluding hydrogens is 318 g/mol. The van der Waals surface area contributed by atoms with Crippen LogP contribution in [0.15, 0.2) is 36.4 Å². The van der Waals surface area contributed by atoms with Gasteiger partial charge < -0.3 is 14.2 Å². The van der Waals surface area contributed by atoms with E-state index in [4.69, 9.17) is 10.00 Å². The van der Waals surface area contributed by atoms with E-state index in [-0.39, 0.29) is 18.9 Å². The van der Waals surface area contributed by atoms with Gasteiger partial charge >= 0.3 is 5.97 Å². The number of aryl methyl sites for hydroxylation is 2. The van der Waals surface area contributed by atoms with Gasteiger partial charge in [-0.3, -0.25) is 4.79 Å². The average molecular weight is 339 g/mol. The Kier molecular flexibility index (Phi) is 5.96. The summed E-state index contributed by atoms with van der Waals surface area (Å²) in [5, 5.41) is 8.51. The topological polar surface area (TPSA) is 75.3 Å². The van der Waals surface area contributed by atoms with Gasteiger partial charge in [-0.05, 0) is 50.2 Å². The third kappa shape index (κ3) is 4.48. The molecule has 0 radical (unpaired) electrons. The Morgan fingerprint density at radius 2 is 1.72 bits per heavy atom. The number of rotatable bonds is 6. The van der Waals surface area contributed by atoms with Crippen LogP contribution in [0.25, 0.3) is 5.69 Å². The number of ether oxygens (including phenoxy) is 1. The van der Waals surface area contributed by atoms with Crippen molar-refractivity contribution in [3.05, 3.63) is 53.3 Å². The molecule has 0 saturated carbocycles. The number of amides is 1. The highest BCUT2D eigenvalue weighted by Crippen LogP contribution is 2.17. The number of carbonyl (C=O) groups excluding carboxylic acids is 2. The van der Waals surface area contributed by atoms with Gasteiger partial charge in [0.15, 0.2) is 6.61 Å². The normalized spacial score (nSPS) is 10.2. The molecule has 0 atom stereocenters. The number of nitrogens with zero attached hydrogens (tertiary/aromatic N) is 3. The van der Waals surface area contributed by atoms with Crippen LogP contribution in [0, 0.1) is 25.2 Å². The molecule has 0 aliphatic rings. The summed E-state index contributed by atoms with van der Waals surface area (Å²) in [6.45, 7) is 4.02. The van der Waals surface area contributed by atoms with Crippen molar-refractivity contribution in [2.75, 3.05) is 20.2 Å². The molecule has 1 aromatic heterocycles. The van der Waals surface area contributed by atoms with Crippen molar-refractivity contribution in [3.8, 4) is 11.8 Å². The van der Waals surface area contributed by atoms with E-state index >= 15 is 0 Å². The molecular formula is C19H21N3O3. The predicted octanol–water partition coefficient (Wildman–Crippen LogP) is 2.62. The van der Waals surface area contributed by atoms with E-state index in [1.807, 2.05) is 44.2 Å². The van der Waals surface area contributed by atoms with Crippen LogP contribution in [-0.4, -0.2) is 41.5 Å². The molecule has 2 aromatic rings. The lowest BCUT2D eigenvalue weighted by Crippen LogP contribution is -2.31. The maximum Gasteiger partial charge on any atom is 0.338 e. The average Bonchev–Trinajstić information content (AvgIpc) is 2.95. The molecule has 0 aliphatic carbocycles. The second kappa shape index (κ2) is 8.15. The van der Waals surface area contributed by atoms with Gasteiger partial charge in [-0.1, -0.05) is 0 Å². The fraction of sp³-hybridized carbons (Fsp3) is 0.316. The van der Waals surface area contributed by atoms with Crippen molar-refractivity contribution in [2.45, 2.75) is 20.3 Å². The van der Waals surface area contributed by atoms with Crippen LogP contribution in [0.4, 0.5) is 0 Å². The fourth-order valence-electron chi connectivity index (χ4n) is 2.49. The number of aromatic nitrogens is 1. The van der Waals surface area contributed by atoms with E-state index in [1.54, 1.807) is 19.2 Å². The minimum absolute atomic E-state index is 0.246. The molecule has 2 rings (SSSR count). The molecule has 0 N–H and O–H groups in total. The van der Waals surface area contributed by atoms with E-state index in [1.165, 1.54) is 4.90 Å². The summed E-state index contributed by atoms with van der Waals surface area (Å²) < 4.78 is 7.14. The lowest BCUT2D eigenvalue weighted by atomic mass is 10.2. The van der Waals surface area contributed by atoms with E-state index in [0.717, 1.165) is 17.1 Å². The lowest BCUT2D eigenvalue weighted by molar-refractivity contribution is -0.133. The van der Waals surface area contributed by atoms with Gasteiger partial charge in [-0.15, -0.1) is 0 Å². The molecule has 1 heterocycles. The summed E-state index contributed by atoms with van der Waals surface area (Å²) in [5.74, 6) is -0.881. The Balaban J connectivity index is 1.97. The lowest BCUT2D eigenvalue weighted by Gasteiger charge is -2.15. The molecule has 0 aliphatic heterocycles. The fourth-order valence-corrected chi connectivity index (χ4v) is 2.49. The quantitative estimate of drug-likeness (QED) is 0.758. The van der Waals surface area contributed by atoms with Crippen LogP contribution in [-0.2, 0) is 9.53 Å². The summed E-state index contributed by atoms with van der Waals surface area (Å²) in [7, 11) is 1.57. The van der Waals surface area contributed by atoms with Crippen LogP contribution >= 0.6 is 0 Å². The molecule has 0 spiro atoms. The molecule has 25 heavy (non-hydrogen) atoms. The number of hydrogen-bond acceptors (Lipinski definition) is 4. The second-order valence-corrected chi connectivity index (χ2v) is 5.80. The van der Waals surface area contributed by atoms with Crippen LogP contribution in [0.2, 0.25) is 0 Å². The molecule has 130 valence electrons. The number of hydrogen-bond donors (Lipinski definition) is 0. The van der Waals surface area contributed by atoms with E-state index in [0.29, 0.717) is 12.1 Å². The Labute approximate surface area is 147 Å². The predicted molar refractivity (Wildman–Crippen MR) is 93.4 cm³/mol. The zero-order valence-corrected chi connectivity index (χ0v) is 14.7. The summed E-state index contributed by atoms with van der Waals surface area (Å²) in [6, 6.07) is 13.1. The second-order valence-electron chi connectivity index (χ2n) is 5.80. The first-order valence-electron chi connectivity index (χ1n) is 7.97. The van der Waals surface area contributed by atoms with Crippen LogP contribution in [0.1, 0.15) is 28.2 Å².